The predicted octanol–water partition coefficient (Wildman–Crippen LogP) is 2.74. The highest BCUT2D eigenvalue weighted by Gasteiger charge is 2.25. The maximum Gasteiger partial charge on any atom is 0.410 e. The molecule has 0 radical (unpaired) electrons. The SMILES string of the molecule is CC(C)(C)OC(=O)N1CCN(CNc2c(N)cnc3ccccc23)CC1. The first kappa shape index (κ1) is 18.3. The van der Waals surface area contributed by atoms with E-state index in [1.165, 1.54) is 0 Å². The van der Waals surface area contributed by atoms with Crippen molar-refractivity contribution >= 4 is 28.4 Å². The van der Waals surface area contributed by atoms with Gasteiger partial charge in [0.2, 0.25) is 0 Å². The predicted molar refractivity (Wildman–Crippen MR) is 104 cm³/mol. The van der Waals surface area contributed by atoms with E-state index < -0.39 is 5.60 Å². The lowest BCUT2D eigenvalue weighted by Crippen LogP contribution is -2.51. The molecule has 26 heavy (non-hydrogen) atoms. The average Bonchev–Trinajstić information content (AvgIpc) is 2.60. The number of aromatic nitrogens is 1. The first-order valence-electron chi connectivity index (χ1n) is 8.91. The van der Waals surface area contributed by atoms with E-state index in [1.807, 2.05) is 45.0 Å². The van der Waals surface area contributed by atoms with Crippen molar-refractivity contribution in [1.29, 1.82) is 0 Å². The van der Waals surface area contributed by atoms with Crippen LogP contribution in [0.5, 0.6) is 0 Å². The number of carbonyl (C=O) groups is 1. The summed E-state index contributed by atoms with van der Waals surface area (Å²) in [6.45, 7) is 9.20. The number of pyridine rings is 1. The molecule has 0 spiro atoms. The van der Waals surface area contributed by atoms with Crippen molar-refractivity contribution in [2.75, 3.05) is 43.9 Å². The summed E-state index contributed by atoms with van der Waals surface area (Å²) in [5.74, 6) is 0. The van der Waals surface area contributed by atoms with Gasteiger partial charge in [-0.25, -0.2) is 4.79 Å². The largest absolute Gasteiger partial charge is 0.444 e. The zero-order valence-corrected chi connectivity index (χ0v) is 15.7. The molecule has 1 aromatic heterocycles. The fourth-order valence-corrected chi connectivity index (χ4v) is 2.96. The van der Waals surface area contributed by atoms with Crippen LogP contribution in [0.25, 0.3) is 10.9 Å². The Morgan fingerprint density at radius 3 is 2.62 bits per heavy atom. The minimum absolute atomic E-state index is 0.241. The van der Waals surface area contributed by atoms with Gasteiger partial charge in [-0.1, -0.05) is 18.2 Å². The van der Waals surface area contributed by atoms with Crippen LogP contribution in [0.1, 0.15) is 20.8 Å². The van der Waals surface area contributed by atoms with Gasteiger partial charge in [0, 0.05) is 31.6 Å². The second kappa shape index (κ2) is 7.37. The molecule has 0 bridgehead atoms. The molecule has 2 heterocycles. The van der Waals surface area contributed by atoms with Gasteiger partial charge in [0.25, 0.3) is 0 Å². The van der Waals surface area contributed by atoms with Gasteiger partial charge >= 0.3 is 6.09 Å². The molecule has 0 aliphatic carbocycles. The Kier molecular flexibility index (Phi) is 5.18. The number of fused-ring (bicyclic) bond motifs is 1. The highest BCUT2D eigenvalue weighted by Crippen LogP contribution is 2.27. The average molecular weight is 357 g/mol. The van der Waals surface area contributed by atoms with Crippen molar-refractivity contribution < 1.29 is 9.53 Å². The van der Waals surface area contributed by atoms with Gasteiger partial charge in [0.1, 0.15) is 5.60 Å². The molecule has 7 heteroatoms. The van der Waals surface area contributed by atoms with Crippen LogP contribution < -0.4 is 11.1 Å². The Morgan fingerprint density at radius 1 is 1.23 bits per heavy atom. The Bertz CT molecular complexity index is 779. The number of nitrogen functional groups attached to an aromatic ring is 1. The molecule has 1 fully saturated rings. The molecule has 1 aliphatic rings. The molecule has 3 rings (SSSR count). The number of nitrogens with two attached hydrogens (primary N) is 1. The van der Waals surface area contributed by atoms with E-state index in [1.54, 1.807) is 11.1 Å². The van der Waals surface area contributed by atoms with Gasteiger partial charge in [-0.15, -0.1) is 0 Å². The third-order valence-electron chi connectivity index (χ3n) is 4.31. The molecule has 1 aromatic carbocycles. The van der Waals surface area contributed by atoms with E-state index in [2.05, 4.69) is 15.2 Å². The lowest BCUT2D eigenvalue weighted by atomic mass is 10.1. The number of ether oxygens (including phenoxy) is 1. The number of carbonyl (C=O) groups excluding carboxylic acids is 1. The number of nitrogens with one attached hydrogen (secondary N) is 1. The molecule has 7 nitrogen and oxygen atoms in total. The van der Waals surface area contributed by atoms with Crippen LogP contribution in [0.4, 0.5) is 16.2 Å². The molecular weight excluding hydrogens is 330 g/mol. The number of hydrogen-bond donors (Lipinski definition) is 2. The third kappa shape index (κ3) is 4.35. The highest BCUT2D eigenvalue weighted by molar-refractivity contribution is 5.96. The lowest BCUT2D eigenvalue weighted by Gasteiger charge is -2.35. The van der Waals surface area contributed by atoms with E-state index in [9.17, 15) is 4.79 Å². The normalized spacial score (nSPS) is 15.9. The van der Waals surface area contributed by atoms with Gasteiger partial charge in [0.05, 0.1) is 29.8 Å². The Morgan fingerprint density at radius 2 is 1.92 bits per heavy atom. The number of benzene rings is 1. The molecule has 3 N–H and O–H groups in total. The number of nitrogens with zero attached hydrogens (tertiary/aromatic N) is 3. The Labute approximate surface area is 154 Å². The molecule has 0 saturated carbocycles. The Balaban J connectivity index is 1.56. The summed E-state index contributed by atoms with van der Waals surface area (Å²) in [7, 11) is 0. The standard InChI is InChI=1S/C19H27N5O2/c1-19(2,3)26-18(25)24-10-8-23(9-11-24)13-22-17-14-6-4-5-7-16(14)21-12-15(17)20/h4-7,12H,8-11,13,20H2,1-3H3,(H,21,22). The van der Waals surface area contributed by atoms with Crippen LogP contribution >= 0.6 is 0 Å². The van der Waals surface area contributed by atoms with E-state index >= 15 is 0 Å². The number of anilines is 2. The van der Waals surface area contributed by atoms with Crippen LogP contribution in [-0.2, 0) is 4.74 Å². The maximum atomic E-state index is 12.1. The van der Waals surface area contributed by atoms with Gasteiger partial charge in [-0.3, -0.25) is 9.88 Å². The van der Waals surface area contributed by atoms with Crippen LogP contribution in [0, 0.1) is 0 Å². The minimum atomic E-state index is -0.463. The monoisotopic (exact) mass is 357 g/mol. The highest BCUT2D eigenvalue weighted by atomic mass is 16.6. The molecule has 2 aromatic rings. The van der Waals surface area contributed by atoms with Crippen LogP contribution in [0.2, 0.25) is 0 Å². The van der Waals surface area contributed by atoms with Crippen molar-refractivity contribution in [2.24, 2.45) is 0 Å². The van der Waals surface area contributed by atoms with Crippen LogP contribution in [-0.4, -0.2) is 59.3 Å². The number of rotatable bonds is 3. The van der Waals surface area contributed by atoms with E-state index in [0.29, 0.717) is 25.4 Å². The quantitative estimate of drug-likeness (QED) is 0.879. The molecule has 140 valence electrons. The van der Waals surface area contributed by atoms with Crippen LogP contribution in [0.3, 0.4) is 0 Å². The van der Waals surface area contributed by atoms with Crippen LogP contribution in [0.15, 0.2) is 30.5 Å². The second-order valence-electron chi connectivity index (χ2n) is 7.53. The molecule has 0 unspecified atom stereocenters. The van der Waals surface area contributed by atoms with Crippen molar-refractivity contribution in [1.82, 2.24) is 14.8 Å². The van der Waals surface area contributed by atoms with Gasteiger partial charge < -0.3 is 20.7 Å². The summed E-state index contributed by atoms with van der Waals surface area (Å²) in [5.41, 5.74) is 8.11. The topological polar surface area (TPSA) is 83.7 Å². The number of piperazine rings is 1. The second-order valence-corrected chi connectivity index (χ2v) is 7.53. The lowest BCUT2D eigenvalue weighted by molar-refractivity contribution is 0.0151. The smallest absolute Gasteiger partial charge is 0.410 e. The summed E-state index contributed by atoms with van der Waals surface area (Å²) in [6, 6.07) is 7.93. The number of amides is 1. The van der Waals surface area contributed by atoms with Crippen molar-refractivity contribution in [3.63, 3.8) is 0 Å². The number of hydrogen-bond acceptors (Lipinski definition) is 6. The van der Waals surface area contributed by atoms with Gasteiger partial charge in [-0.2, -0.15) is 0 Å². The molecule has 0 atom stereocenters. The van der Waals surface area contributed by atoms with E-state index in [-0.39, 0.29) is 6.09 Å². The molecule has 1 aliphatic heterocycles. The fraction of sp³-hybridized carbons (Fsp3) is 0.474. The van der Waals surface area contributed by atoms with Crippen molar-refractivity contribution in [3.8, 4) is 0 Å². The Hall–Kier alpha value is -2.54. The fourth-order valence-electron chi connectivity index (χ4n) is 2.96. The summed E-state index contributed by atoms with van der Waals surface area (Å²) in [6.07, 6.45) is 1.44. The zero-order chi connectivity index (χ0) is 18.7. The summed E-state index contributed by atoms with van der Waals surface area (Å²) in [4.78, 5) is 20.5. The molecule has 1 saturated heterocycles. The van der Waals surface area contributed by atoms with Gasteiger partial charge in [-0.05, 0) is 26.8 Å². The summed E-state index contributed by atoms with van der Waals surface area (Å²) >= 11 is 0. The third-order valence-corrected chi connectivity index (χ3v) is 4.31. The van der Waals surface area contributed by atoms with E-state index in [0.717, 1.165) is 29.7 Å². The molecular formula is C19H27N5O2. The summed E-state index contributed by atoms with van der Waals surface area (Å²) < 4.78 is 5.44. The van der Waals surface area contributed by atoms with Crippen molar-refractivity contribution in [3.05, 3.63) is 30.5 Å². The first-order chi connectivity index (χ1) is 12.3. The van der Waals surface area contributed by atoms with E-state index in [4.69, 9.17) is 10.5 Å². The summed E-state index contributed by atoms with van der Waals surface area (Å²) in [5, 5.41) is 4.45. The minimum Gasteiger partial charge on any atom is -0.444 e. The van der Waals surface area contributed by atoms with Gasteiger partial charge in [0.15, 0.2) is 0 Å². The first-order valence-corrected chi connectivity index (χ1v) is 8.91. The maximum absolute atomic E-state index is 12.1. The molecule has 1 amide bonds. The van der Waals surface area contributed by atoms with Crippen molar-refractivity contribution in [2.45, 2.75) is 26.4 Å². The number of para-hydroxylation sites is 1. The zero-order valence-electron chi connectivity index (χ0n) is 15.7.